The Kier molecular flexibility index (Phi) is 4.05. The van der Waals surface area contributed by atoms with Crippen LogP contribution in [0.5, 0.6) is 0 Å². The molecule has 1 aromatic rings. The van der Waals surface area contributed by atoms with Crippen LogP contribution in [0.15, 0.2) is 24.3 Å². The second-order valence-corrected chi connectivity index (χ2v) is 5.80. The zero-order valence-electron chi connectivity index (χ0n) is 9.74. The Hall–Kier alpha value is -0.760. The number of carbonyl (C=O) groups excluding carboxylic acids is 1. The molecule has 1 aliphatic carbocycles. The summed E-state index contributed by atoms with van der Waals surface area (Å²) >= 11 is 1.54. The summed E-state index contributed by atoms with van der Waals surface area (Å²) in [6.07, 6.45) is 6.35. The van der Waals surface area contributed by atoms with Gasteiger partial charge >= 0.3 is 0 Å². The van der Waals surface area contributed by atoms with Gasteiger partial charge in [0.05, 0.1) is 0 Å². The fourth-order valence-corrected chi connectivity index (χ4v) is 3.24. The Morgan fingerprint density at radius 1 is 1.12 bits per heavy atom. The van der Waals surface area contributed by atoms with Gasteiger partial charge in [-0.2, -0.15) is 0 Å². The van der Waals surface area contributed by atoms with E-state index in [4.69, 9.17) is 0 Å². The van der Waals surface area contributed by atoms with Crippen molar-refractivity contribution in [1.82, 2.24) is 0 Å². The second kappa shape index (κ2) is 5.53. The molecule has 0 N–H and O–H groups in total. The maximum Gasteiger partial charge on any atom is 0.219 e. The molecule has 0 aromatic heterocycles. The molecule has 0 spiro atoms. The molecule has 0 atom stereocenters. The predicted molar refractivity (Wildman–Crippen MR) is 70.0 cm³/mol. The van der Waals surface area contributed by atoms with Crippen molar-refractivity contribution in [3.8, 4) is 0 Å². The van der Waals surface area contributed by atoms with Gasteiger partial charge in [-0.25, -0.2) is 0 Å². The SMILES string of the molecule is Cc1ccc(C(=O)SC2CCCCC2)cc1. The van der Waals surface area contributed by atoms with Crippen LogP contribution in [0, 0.1) is 6.92 Å². The summed E-state index contributed by atoms with van der Waals surface area (Å²) in [7, 11) is 0. The fourth-order valence-electron chi connectivity index (χ4n) is 2.09. The van der Waals surface area contributed by atoms with E-state index in [0.717, 1.165) is 5.56 Å². The van der Waals surface area contributed by atoms with Crippen LogP contribution in [0.25, 0.3) is 0 Å². The third-order valence-corrected chi connectivity index (χ3v) is 4.37. The van der Waals surface area contributed by atoms with Crippen molar-refractivity contribution in [2.75, 3.05) is 0 Å². The quantitative estimate of drug-likeness (QED) is 0.763. The van der Waals surface area contributed by atoms with Gasteiger partial charge in [-0.3, -0.25) is 4.79 Å². The molecule has 0 saturated heterocycles. The summed E-state index contributed by atoms with van der Waals surface area (Å²) in [4.78, 5) is 12.0. The number of carbonyl (C=O) groups is 1. The second-order valence-electron chi connectivity index (χ2n) is 4.53. The molecule has 1 nitrogen and oxygen atoms in total. The molecule has 16 heavy (non-hydrogen) atoms. The summed E-state index contributed by atoms with van der Waals surface area (Å²) in [6.45, 7) is 2.04. The number of hydrogen-bond donors (Lipinski definition) is 0. The van der Waals surface area contributed by atoms with E-state index in [1.165, 1.54) is 37.7 Å². The van der Waals surface area contributed by atoms with Gasteiger partial charge in [-0.05, 0) is 19.8 Å². The van der Waals surface area contributed by atoms with Crippen LogP contribution in [0.1, 0.15) is 48.0 Å². The first-order valence-electron chi connectivity index (χ1n) is 6.03. The van der Waals surface area contributed by atoms with Crippen LogP contribution in [0.2, 0.25) is 0 Å². The highest BCUT2D eigenvalue weighted by Gasteiger charge is 2.18. The van der Waals surface area contributed by atoms with E-state index in [1.807, 2.05) is 31.2 Å². The Balaban J connectivity index is 1.94. The van der Waals surface area contributed by atoms with E-state index in [-0.39, 0.29) is 5.12 Å². The first-order chi connectivity index (χ1) is 7.75. The molecule has 0 radical (unpaired) electrons. The van der Waals surface area contributed by atoms with Gasteiger partial charge in [0.1, 0.15) is 0 Å². The number of hydrogen-bond acceptors (Lipinski definition) is 2. The van der Waals surface area contributed by atoms with Crippen molar-refractivity contribution in [3.05, 3.63) is 35.4 Å². The van der Waals surface area contributed by atoms with Crippen LogP contribution < -0.4 is 0 Å². The van der Waals surface area contributed by atoms with Gasteiger partial charge in [0.2, 0.25) is 5.12 Å². The molecule has 86 valence electrons. The highest BCUT2D eigenvalue weighted by molar-refractivity contribution is 8.14. The molecule has 0 heterocycles. The van der Waals surface area contributed by atoms with Gasteiger partial charge in [0.25, 0.3) is 0 Å². The molecule has 0 unspecified atom stereocenters. The Morgan fingerprint density at radius 2 is 1.75 bits per heavy atom. The van der Waals surface area contributed by atoms with Crippen LogP contribution in [0.3, 0.4) is 0 Å². The number of thioether (sulfide) groups is 1. The Morgan fingerprint density at radius 3 is 2.38 bits per heavy atom. The monoisotopic (exact) mass is 234 g/mol. The molecule has 1 saturated carbocycles. The van der Waals surface area contributed by atoms with E-state index in [9.17, 15) is 4.79 Å². The van der Waals surface area contributed by atoms with E-state index < -0.39 is 0 Å². The van der Waals surface area contributed by atoms with Crippen molar-refractivity contribution in [2.24, 2.45) is 0 Å². The number of benzene rings is 1. The zero-order valence-corrected chi connectivity index (χ0v) is 10.6. The van der Waals surface area contributed by atoms with E-state index in [2.05, 4.69) is 0 Å². The lowest BCUT2D eigenvalue weighted by atomic mass is 10.0. The van der Waals surface area contributed by atoms with E-state index >= 15 is 0 Å². The molecule has 2 heteroatoms. The van der Waals surface area contributed by atoms with Gasteiger partial charge < -0.3 is 0 Å². The van der Waals surface area contributed by atoms with Crippen molar-refractivity contribution in [1.29, 1.82) is 0 Å². The normalized spacial score (nSPS) is 17.3. The van der Waals surface area contributed by atoms with Crippen LogP contribution >= 0.6 is 11.8 Å². The topological polar surface area (TPSA) is 17.1 Å². The minimum Gasteiger partial charge on any atom is -0.282 e. The average Bonchev–Trinajstić information content (AvgIpc) is 2.31. The molecule has 0 aliphatic heterocycles. The number of rotatable bonds is 2. The lowest BCUT2D eigenvalue weighted by Gasteiger charge is -2.19. The molecule has 0 amide bonds. The fraction of sp³-hybridized carbons (Fsp3) is 0.500. The highest BCUT2D eigenvalue weighted by Crippen LogP contribution is 2.30. The summed E-state index contributed by atoms with van der Waals surface area (Å²) in [5.74, 6) is 0. The molecular formula is C14H18OS. The zero-order chi connectivity index (χ0) is 11.4. The maximum atomic E-state index is 12.0. The minimum atomic E-state index is 0.243. The van der Waals surface area contributed by atoms with Crippen molar-refractivity contribution in [3.63, 3.8) is 0 Å². The van der Waals surface area contributed by atoms with Crippen LogP contribution in [-0.4, -0.2) is 10.4 Å². The third-order valence-electron chi connectivity index (χ3n) is 3.11. The molecule has 0 bridgehead atoms. The Labute approximate surface area is 102 Å². The average molecular weight is 234 g/mol. The third kappa shape index (κ3) is 3.11. The van der Waals surface area contributed by atoms with E-state index in [0.29, 0.717) is 5.25 Å². The van der Waals surface area contributed by atoms with Crippen LogP contribution in [-0.2, 0) is 0 Å². The van der Waals surface area contributed by atoms with Gasteiger partial charge in [-0.15, -0.1) is 0 Å². The predicted octanol–water partition coefficient (Wildman–Crippen LogP) is 4.20. The molecule has 1 aromatic carbocycles. The molecule has 1 aliphatic rings. The van der Waals surface area contributed by atoms with Gasteiger partial charge in [0, 0.05) is 10.8 Å². The summed E-state index contributed by atoms with van der Waals surface area (Å²) in [5.41, 5.74) is 2.06. The van der Waals surface area contributed by atoms with Gasteiger partial charge in [-0.1, -0.05) is 60.9 Å². The number of aryl methyl sites for hydroxylation is 1. The summed E-state index contributed by atoms with van der Waals surface area (Å²) in [5, 5.41) is 0.800. The minimum absolute atomic E-state index is 0.243. The van der Waals surface area contributed by atoms with Crippen molar-refractivity contribution >= 4 is 16.9 Å². The summed E-state index contributed by atoms with van der Waals surface area (Å²) in [6, 6.07) is 7.89. The maximum absolute atomic E-state index is 12.0. The first kappa shape index (κ1) is 11.7. The van der Waals surface area contributed by atoms with Gasteiger partial charge in [0.15, 0.2) is 0 Å². The van der Waals surface area contributed by atoms with Crippen molar-refractivity contribution < 1.29 is 4.79 Å². The smallest absolute Gasteiger partial charge is 0.219 e. The highest BCUT2D eigenvalue weighted by atomic mass is 32.2. The lowest BCUT2D eigenvalue weighted by Crippen LogP contribution is -2.11. The molecule has 2 rings (SSSR count). The standard InChI is InChI=1S/C14H18OS/c1-11-7-9-12(10-8-11)14(15)16-13-5-3-2-4-6-13/h7-10,13H,2-6H2,1H3. The molecular weight excluding hydrogens is 216 g/mol. The summed E-state index contributed by atoms with van der Waals surface area (Å²) < 4.78 is 0. The first-order valence-corrected chi connectivity index (χ1v) is 6.91. The van der Waals surface area contributed by atoms with Crippen molar-refractivity contribution in [2.45, 2.75) is 44.3 Å². The van der Waals surface area contributed by atoms with Crippen LogP contribution in [0.4, 0.5) is 0 Å². The van der Waals surface area contributed by atoms with E-state index in [1.54, 1.807) is 11.8 Å². The lowest BCUT2D eigenvalue weighted by molar-refractivity contribution is 0.108. The Bertz CT molecular complexity index is 350. The largest absolute Gasteiger partial charge is 0.282 e. The molecule has 1 fully saturated rings.